The summed E-state index contributed by atoms with van der Waals surface area (Å²) in [6.07, 6.45) is 4.97. The molecule has 0 aromatic rings. The first-order chi connectivity index (χ1) is 6.97. The predicted octanol–water partition coefficient (Wildman–Crippen LogP) is -0.265. The van der Waals surface area contributed by atoms with E-state index in [9.17, 15) is 8.42 Å². The van der Waals surface area contributed by atoms with Crippen molar-refractivity contribution in [2.45, 2.75) is 19.3 Å². The molecule has 5 nitrogen and oxygen atoms in total. The van der Waals surface area contributed by atoms with Gasteiger partial charge < -0.3 is 11.1 Å². The maximum atomic E-state index is 10.8. The topological polar surface area (TPSA) is 84.5 Å². The second-order valence-electron chi connectivity index (χ2n) is 4.08. The van der Waals surface area contributed by atoms with Crippen molar-refractivity contribution in [1.29, 1.82) is 0 Å². The Morgan fingerprint density at radius 3 is 2.67 bits per heavy atom. The van der Waals surface area contributed by atoms with Crippen LogP contribution in [0.1, 0.15) is 19.3 Å². The molecule has 1 fully saturated rings. The zero-order chi connectivity index (χ0) is 11.3. The van der Waals surface area contributed by atoms with E-state index >= 15 is 0 Å². The van der Waals surface area contributed by atoms with E-state index in [-0.39, 0.29) is 5.75 Å². The van der Waals surface area contributed by atoms with Gasteiger partial charge in [-0.2, -0.15) is 0 Å². The quantitative estimate of drug-likeness (QED) is 0.506. The van der Waals surface area contributed by atoms with Crippen molar-refractivity contribution in [3.63, 3.8) is 0 Å². The number of hydrogen-bond acceptors (Lipinski definition) is 3. The molecule has 6 heteroatoms. The minimum absolute atomic E-state index is 0.0899. The Hall–Kier alpha value is -0.780. The van der Waals surface area contributed by atoms with Gasteiger partial charge in [-0.25, -0.2) is 8.42 Å². The van der Waals surface area contributed by atoms with Crippen LogP contribution in [0.2, 0.25) is 0 Å². The third-order valence-electron chi connectivity index (χ3n) is 2.52. The molecule has 0 aliphatic heterocycles. The molecule has 1 rings (SSSR count). The molecule has 1 aliphatic carbocycles. The van der Waals surface area contributed by atoms with Gasteiger partial charge in [0.15, 0.2) is 5.96 Å². The second kappa shape index (κ2) is 5.34. The lowest BCUT2D eigenvalue weighted by Gasteiger charge is -2.23. The van der Waals surface area contributed by atoms with Crippen LogP contribution in [0.3, 0.4) is 0 Å². The van der Waals surface area contributed by atoms with E-state index in [1.165, 1.54) is 25.5 Å². The minimum atomic E-state index is -2.92. The summed E-state index contributed by atoms with van der Waals surface area (Å²) in [5, 5.41) is 2.79. The third kappa shape index (κ3) is 5.61. The van der Waals surface area contributed by atoms with Crippen LogP contribution in [0.4, 0.5) is 0 Å². The molecule has 15 heavy (non-hydrogen) atoms. The lowest BCUT2D eigenvalue weighted by molar-refractivity contribution is 0.326. The molecule has 0 atom stereocenters. The number of sulfone groups is 1. The summed E-state index contributed by atoms with van der Waals surface area (Å²) in [5.41, 5.74) is 5.57. The van der Waals surface area contributed by atoms with Gasteiger partial charge in [0, 0.05) is 19.3 Å². The van der Waals surface area contributed by atoms with E-state index in [1.807, 2.05) is 0 Å². The van der Waals surface area contributed by atoms with Crippen molar-refractivity contribution in [3.05, 3.63) is 0 Å². The van der Waals surface area contributed by atoms with Crippen molar-refractivity contribution in [2.24, 2.45) is 16.6 Å². The predicted molar refractivity (Wildman–Crippen MR) is 61.5 cm³/mol. The highest BCUT2D eigenvalue weighted by atomic mass is 32.2. The molecule has 0 spiro atoms. The smallest absolute Gasteiger partial charge is 0.188 e. The number of nitrogens with zero attached hydrogens (tertiary/aromatic N) is 1. The van der Waals surface area contributed by atoms with Crippen LogP contribution in [-0.4, -0.2) is 39.5 Å². The molecule has 0 unspecified atom stereocenters. The summed E-state index contributed by atoms with van der Waals surface area (Å²) in [4.78, 5) is 4.15. The largest absolute Gasteiger partial charge is 0.370 e. The first-order valence-corrected chi connectivity index (χ1v) is 7.25. The molecule has 1 aliphatic rings. The zero-order valence-electron chi connectivity index (χ0n) is 9.07. The second-order valence-corrected chi connectivity index (χ2v) is 6.34. The Kier molecular flexibility index (Phi) is 4.38. The van der Waals surface area contributed by atoms with Crippen LogP contribution in [0.15, 0.2) is 4.99 Å². The van der Waals surface area contributed by atoms with Crippen molar-refractivity contribution >= 4 is 15.8 Å². The first kappa shape index (κ1) is 12.3. The first-order valence-electron chi connectivity index (χ1n) is 5.19. The lowest BCUT2D eigenvalue weighted by Crippen LogP contribution is -2.35. The average molecular weight is 233 g/mol. The molecule has 0 aromatic heterocycles. The fraction of sp³-hybridized carbons (Fsp3) is 0.889. The highest BCUT2D eigenvalue weighted by Gasteiger charge is 2.16. The third-order valence-corrected chi connectivity index (χ3v) is 3.47. The molecule has 0 aromatic carbocycles. The molecular weight excluding hydrogens is 214 g/mol. The molecule has 1 saturated carbocycles. The van der Waals surface area contributed by atoms with Gasteiger partial charge in [0.25, 0.3) is 0 Å². The Bertz CT molecular complexity index is 320. The molecule has 0 heterocycles. The van der Waals surface area contributed by atoms with Crippen LogP contribution in [0, 0.1) is 5.92 Å². The monoisotopic (exact) mass is 233 g/mol. The standard InChI is InChI=1S/C9H19N3O2S/c1-15(13,14)6-5-11-9(10)12-7-8-3-2-4-8/h8H,2-7H2,1H3,(H3,10,11,12). The van der Waals surface area contributed by atoms with Crippen LogP contribution >= 0.6 is 0 Å². The SMILES string of the molecule is CS(=O)(=O)CCNC(N)=NCC1CCC1. The Morgan fingerprint density at radius 2 is 2.20 bits per heavy atom. The van der Waals surface area contributed by atoms with Crippen LogP contribution < -0.4 is 11.1 Å². The molecule has 0 amide bonds. The maximum absolute atomic E-state index is 10.8. The van der Waals surface area contributed by atoms with Gasteiger partial charge in [0.1, 0.15) is 9.84 Å². The number of aliphatic imine (C=N–C) groups is 1. The van der Waals surface area contributed by atoms with E-state index < -0.39 is 9.84 Å². The van der Waals surface area contributed by atoms with E-state index in [4.69, 9.17) is 5.73 Å². The van der Waals surface area contributed by atoms with Gasteiger partial charge in [-0.05, 0) is 18.8 Å². The summed E-state index contributed by atoms with van der Waals surface area (Å²) >= 11 is 0. The maximum Gasteiger partial charge on any atom is 0.188 e. The highest BCUT2D eigenvalue weighted by molar-refractivity contribution is 7.90. The van der Waals surface area contributed by atoms with E-state index in [0.29, 0.717) is 18.4 Å². The summed E-state index contributed by atoms with van der Waals surface area (Å²) < 4.78 is 21.6. The highest BCUT2D eigenvalue weighted by Crippen LogP contribution is 2.26. The average Bonchev–Trinajstić information content (AvgIpc) is 1.98. The molecule has 0 bridgehead atoms. The number of nitrogens with one attached hydrogen (secondary N) is 1. The van der Waals surface area contributed by atoms with E-state index in [0.717, 1.165) is 6.54 Å². The summed E-state index contributed by atoms with van der Waals surface area (Å²) in [5.74, 6) is 1.12. The number of guanidine groups is 1. The molecule has 0 saturated heterocycles. The fourth-order valence-electron chi connectivity index (χ4n) is 1.32. The van der Waals surface area contributed by atoms with Gasteiger partial charge >= 0.3 is 0 Å². The summed E-state index contributed by atoms with van der Waals surface area (Å²) in [7, 11) is -2.92. The number of hydrogen-bond donors (Lipinski definition) is 2. The van der Waals surface area contributed by atoms with Crippen molar-refractivity contribution in [3.8, 4) is 0 Å². The number of nitrogens with two attached hydrogens (primary N) is 1. The molecule has 3 N–H and O–H groups in total. The van der Waals surface area contributed by atoms with Gasteiger partial charge in [-0.15, -0.1) is 0 Å². The van der Waals surface area contributed by atoms with E-state index in [1.54, 1.807) is 0 Å². The fourth-order valence-corrected chi connectivity index (χ4v) is 1.80. The Balaban J connectivity index is 2.14. The van der Waals surface area contributed by atoms with E-state index in [2.05, 4.69) is 10.3 Å². The van der Waals surface area contributed by atoms with Crippen LogP contribution in [-0.2, 0) is 9.84 Å². The summed E-state index contributed by atoms with van der Waals surface area (Å²) in [6, 6.07) is 0. The van der Waals surface area contributed by atoms with Crippen molar-refractivity contribution < 1.29 is 8.42 Å². The normalized spacial score (nSPS) is 18.6. The zero-order valence-corrected chi connectivity index (χ0v) is 9.89. The number of rotatable bonds is 5. The lowest BCUT2D eigenvalue weighted by atomic mass is 9.86. The van der Waals surface area contributed by atoms with Gasteiger partial charge in [-0.3, -0.25) is 4.99 Å². The Morgan fingerprint density at radius 1 is 1.53 bits per heavy atom. The summed E-state index contributed by atoms with van der Waals surface area (Å²) in [6.45, 7) is 1.09. The van der Waals surface area contributed by atoms with Crippen LogP contribution in [0.5, 0.6) is 0 Å². The molecular formula is C9H19N3O2S. The molecule has 88 valence electrons. The van der Waals surface area contributed by atoms with Gasteiger partial charge in [0.2, 0.25) is 0 Å². The van der Waals surface area contributed by atoms with Gasteiger partial charge in [-0.1, -0.05) is 6.42 Å². The molecule has 0 radical (unpaired) electrons. The van der Waals surface area contributed by atoms with Crippen molar-refractivity contribution in [2.75, 3.05) is 25.1 Å². The van der Waals surface area contributed by atoms with Crippen molar-refractivity contribution in [1.82, 2.24) is 5.32 Å². The minimum Gasteiger partial charge on any atom is -0.370 e. The van der Waals surface area contributed by atoms with Gasteiger partial charge in [0.05, 0.1) is 5.75 Å². The van der Waals surface area contributed by atoms with Crippen LogP contribution in [0.25, 0.3) is 0 Å². The Labute approximate surface area is 91.1 Å².